The van der Waals surface area contributed by atoms with Crippen LogP contribution in [-0.2, 0) is 14.3 Å². The van der Waals surface area contributed by atoms with Gasteiger partial charge < -0.3 is 14.8 Å². The first-order valence-electron chi connectivity index (χ1n) is 11.0. The van der Waals surface area contributed by atoms with Gasteiger partial charge in [0, 0.05) is 31.9 Å². The molecule has 0 spiro atoms. The van der Waals surface area contributed by atoms with Gasteiger partial charge in [0.15, 0.2) is 0 Å². The smallest absolute Gasteiger partial charge is 0.278 e. The molecule has 0 aromatic heterocycles. The molecule has 2 aromatic carbocycles. The molecule has 7 heteroatoms. The Morgan fingerprint density at radius 3 is 2.38 bits per heavy atom. The minimum atomic E-state index is -0.296. The van der Waals surface area contributed by atoms with E-state index in [2.05, 4.69) is 10.2 Å². The van der Waals surface area contributed by atoms with Crippen molar-refractivity contribution in [2.75, 3.05) is 51.3 Å². The van der Waals surface area contributed by atoms with Gasteiger partial charge in [-0.25, -0.2) is 0 Å². The van der Waals surface area contributed by atoms with Crippen molar-refractivity contribution in [1.82, 2.24) is 9.80 Å². The summed E-state index contributed by atoms with van der Waals surface area (Å²) < 4.78 is 10.9. The van der Waals surface area contributed by atoms with Crippen LogP contribution in [0.25, 0.3) is 5.57 Å². The van der Waals surface area contributed by atoms with Crippen molar-refractivity contribution in [3.8, 4) is 5.75 Å². The monoisotopic (exact) mass is 435 g/mol. The van der Waals surface area contributed by atoms with E-state index in [4.69, 9.17) is 9.47 Å². The normalized spacial score (nSPS) is 17.2. The standard InChI is InChI=1S/C25H29N3O4/c1-3-32-20-10-8-19(9-11-20)22-23(26-21-7-5-4-6-18(21)2)25(30)28(24(22)29)13-12-27-14-16-31-17-15-27/h4-11,26H,3,12-17H2,1-2H3. The quantitative estimate of drug-likeness (QED) is 0.643. The maximum atomic E-state index is 13.4. The molecule has 0 radical (unpaired) electrons. The van der Waals surface area contributed by atoms with Gasteiger partial charge in [-0.15, -0.1) is 0 Å². The lowest BCUT2D eigenvalue weighted by Crippen LogP contribution is -2.43. The number of para-hydroxylation sites is 1. The predicted octanol–water partition coefficient (Wildman–Crippen LogP) is 2.92. The van der Waals surface area contributed by atoms with Crippen molar-refractivity contribution < 1.29 is 19.1 Å². The number of imide groups is 1. The minimum absolute atomic E-state index is 0.275. The third-order valence-electron chi connectivity index (χ3n) is 5.77. The van der Waals surface area contributed by atoms with Crippen molar-refractivity contribution >= 4 is 23.1 Å². The van der Waals surface area contributed by atoms with Crippen molar-refractivity contribution in [2.45, 2.75) is 13.8 Å². The molecular weight excluding hydrogens is 406 g/mol. The molecule has 0 aliphatic carbocycles. The van der Waals surface area contributed by atoms with Crippen molar-refractivity contribution in [3.05, 3.63) is 65.4 Å². The number of morpholine rings is 1. The van der Waals surface area contributed by atoms with E-state index >= 15 is 0 Å². The second-order valence-corrected chi connectivity index (χ2v) is 7.86. The average Bonchev–Trinajstić information content (AvgIpc) is 3.04. The molecule has 2 aliphatic heterocycles. The van der Waals surface area contributed by atoms with Crippen LogP contribution in [0.15, 0.2) is 54.2 Å². The zero-order chi connectivity index (χ0) is 22.5. The largest absolute Gasteiger partial charge is 0.494 e. The van der Waals surface area contributed by atoms with E-state index in [-0.39, 0.29) is 11.8 Å². The molecule has 2 aromatic rings. The van der Waals surface area contributed by atoms with Gasteiger partial charge >= 0.3 is 0 Å². The fraction of sp³-hybridized carbons (Fsp3) is 0.360. The Morgan fingerprint density at radius 2 is 1.69 bits per heavy atom. The SMILES string of the molecule is CCOc1ccc(C2=C(Nc3ccccc3C)C(=O)N(CCN3CCOCC3)C2=O)cc1. The second kappa shape index (κ2) is 9.97. The van der Waals surface area contributed by atoms with E-state index < -0.39 is 0 Å². The van der Waals surface area contributed by atoms with Crippen LogP contribution >= 0.6 is 0 Å². The van der Waals surface area contributed by atoms with Gasteiger partial charge in [0.2, 0.25) is 0 Å². The molecule has 1 N–H and O–H groups in total. The van der Waals surface area contributed by atoms with Crippen LogP contribution in [0.4, 0.5) is 5.69 Å². The number of nitrogens with one attached hydrogen (secondary N) is 1. The van der Waals surface area contributed by atoms with Crippen LogP contribution in [0.2, 0.25) is 0 Å². The number of ether oxygens (including phenoxy) is 2. The molecular formula is C25H29N3O4. The number of nitrogens with zero attached hydrogens (tertiary/aromatic N) is 2. The summed E-state index contributed by atoms with van der Waals surface area (Å²) in [7, 11) is 0. The maximum absolute atomic E-state index is 13.4. The van der Waals surface area contributed by atoms with Gasteiger partial charge in [0.1, 0.15) is 11.4 Å². The van der Waals surface area contributed by atoms with Crippen LogP contribution in [0, 0.1) is 6.92 Å². The number of carbonyl (C=O) groups is 2. The number of carbonyl (C=O) groups excluding carboxylic acids is 2. The van der Waals surface area contributed by atoms with E-state index in [1.54, 1.807) is 0 Å². The summed E-state index contributed by atoms with van der Waals surface area (Å²) in [5.41, 5.74) is 3.20. The molecule has 0 atom stereocenters. The lowest BCUT2D eigenvalue weighted by molar-refractivity contribution is -0.137. The summed E-state index contributed by atoms with van der Waals surface area (Å²) in [6, 6.07) is 15.0. The second-order valence-electron chi connectivity index (χ2n) is 7.86. The van der Waals surface area contributed by atoms with E-state index in [1.807, 2.05) is 62.4 Å². The summed E-state index contributed by atoms with van der Waals surface area (Å²) in [6.07, 6.45) is 0. The summed E-state index contributed by atoms with van der Waals surface area (Å²) in [6.45, 7) is 8.41. The Bertz CT molecular complexity index is 1010. The Kier molecular flexibility index (Phi) is 6.87. The number of aryl methyl sites for hydroxylation is 1. The topological polar surface area (TPSA) is 71.1 Å². The third-order valence-corrected chi connectivity index (χ3v) is 5.77. The zero-order valence-corrected chi connectivity index (χ0v) is 18.6. The van der Waals surface area contributed by atoms with Crippen molar-refractivity contribution in [2.24, 2.45) is 0 Å². The summed E-state index contributed by atoms with van der Waals surface area (Å²) in [5.74, 6) is 0.158. The molecule has 7 nitrogen and oxygen atoms in total. The minimum Gasteiger partial charge on any atom is -0.494 e. The first-order valence-corrected chi connectivity index (χ1v) is 11.0. The van der Waals surface area contributed by atoms with E-state index in [9.17, 15) is 9.59 Å². The van der Waals surface area contributed by atoms with Gasteiger partial charge in [-0.05, 0) is 43.2 Å². The van der Waals surface area contributed by atoms with Crippen LogP contribution in [0.5, 0.6) is 5.75 Å². The van der Waals surface area contributed by atoms with Crippen molar-refractivity contribution in [3.63, 3.8) is 0 Å². The van der Waals surface area contributed by atoms with E-state index in [0.29, 0.717) is 49.7 Å². The average molecular weight is 436 g/mol. The fourth-order valence-corrected chi connectivity index (χ4v) is 3.96. The molecule has 2 heterocycles. The summed E-state index contributed by atoms with van der Waals surface area (Å²) >= 11 is 0. The number of benzene rings is 2. The molecule has 1 saturated heterocycles. The molecule has 2 amide bonds. The highest BCUT2D eigenvalue weighted by Crippen LogP contribution is 2.32. The Morgan fingerprint density at radius 1 is 0.969 bits per heavy atom. The summed E-state index contributed by atoms with van der Waals surface area (Å²) in [4.78, 5) is 30.4. The number of hydrogen-bond donors (Lipinski definition) is 1. The molecule has 32 heavy (non-hydrogen) atoms. The van der Waals surface area contributed by atoms with Gasteiger partial charge in [-0.1, -0.05) is 30.3 Å². The molecule has 2 aliphatic rings. The Labute approximate surface area is 188 Å². The van der Waals surface area contributed by atoms with Gasteiger partial charge in [0.25, 0.3) is 11.8 Å². The predicted molar refractivity (Wildman–Crippen MR) is 123 cm³/mol. The zero-order valence-electron chi connectivity index (χ0n) is 18.6. The first-order chi connectivity index (χ1) is 15.6. The van der Waals surface area contributed by atoms with E-state index in [0.717, 1.165) is 30.1 Å². The highest BCUT2D eigenvalue weighted by Gasteiger charge is 2.39. The number of anilines is 1. The van der Waals surface area contributed by atoms with Crippen LogP contribution < -0.4 is 10.1 Å². The van der Waals surface area contributed by atoms with Crippen LogP contribution in [0.1, 0.15) is 18.1 Å². The lowest BCUT2D eigenvalue weighted by Gasteiger charge is -2.28. The Balaban J connectivity index is 1.63. The fourth-order valence-electron chi connectivity index (χ4n) is 3.96. The van der Waals surface area contributed by atoms with E-state index in [1.165, 1.54) is 4.90 Å². The molecule has 4 rings (SSSR count). The third kappa shape index (κ3) is 4.69. The molecule has 1 fully saturated rings. The van der Waals surface area contributed by atoms with Gasteiger partial charge in [0.05, 0.1) is 25.4 Å². The summed E-state index contributed by atoms with van der Waals surface area (Å²) in [5, 5.41) is 3.25. The van der Waals surface area contributed by atoms with Crippen LogP contribution in [-0.4, -0.2) is 67.6 Å². The highest BCUT2D eigenvalue weighted by atomic mass is 16.5. The molecule has 0 unspecified atom stereocenters. The van der Waals surface area contributed by atoms with Gasteiger partial charge in [-0.3, -0.25) is 19.4 Å². The number of rotatable bonds is 8. The lowest BCUT2D eigenvalue weighted by atomic mass is 10.0. The highest BCUT2D eigenvalue weighted by molar-refractivity contribution is 6.36. The number of amides is 2. The maximum Gasteiger partial charge on any atom is 0.278 e. The first kappa shape index (κ1) is 22.0. The van der Waals surface area contributed by atoms with Crippen molar-refractivity contribution in [1.29, 1.82) is 0 Å². The van der Waals surface area contributed by atoms with Crippen LogP contribution in [0.3, 0.4) is 0 Å². The van der Waals surface area contributed by atoms with Gasteiger partial charge in [-0.2, -0.15) is 0 Å². The Hall–Kier alpha value is -3.16. The molecule has 0 bridgehead atoms. The molecule has 168 valence electrons. The number of hydrogen-bond acceptors (Lipinski definition) is 6. The molecule has 0 saturated carbocycles.